The first-order valence-electron chi connectivity index (χ1n) is 6.78. The van der Waals surface area contributed by atoms with Crippen LogP contribution in [0.3, 0.4) is 0 Å². The summed E-state index contributed by atoms with van der Waals surface area (Å²) in [6, 6.07) is 5.19. The van der Waals surface area contributed by atoms with Crippen molar-refractivity contribution in [2.75, 3.05) is 0 Å². The molecule has 1 N–H and O–H groups in total. The van der Waals surface area contributed by atoms with E-state index in [1.807, 2.05) is 20.8 Å². The average Bonchev–Trinajstić information content (AvgIpc) is 2.74. The Balaban J connectivity index is 2.74. The summed E-state index contributed by atoms with van der Waals surface area (Å²) in [5.41, 5.74) is 2.30. The zero-order valence-electron chi connectivity index (χ0n) is 13.0. The van der Waals surface area contributed by atoms with Crippen molar-refractivity contribution in [1.29, 1.82) is 0 Å². The van der Waals surface area contributed by atoms with Crippen molar-refractivity contribution in [3.8, 4) is 41.2 Å². The number of aromatic hydroxyl groups is 1. The molecule has 0 aliphatic carbocycles. The van der Waals surface area contributed by atoms with Crippen LogP contribution >= 0.6 is 15.9 Å². The van der Waals surface area contributed by atoms with E-state index >= 15 is 0 Å². The van der Waals surface area contributed by atoms with Crippen LogP contribution in [0, 0.1) is 29.6 Å². The molecule has 0 spiro atoms. The quantitative estimate of drug-likeness (QED) is 0.786. The number of phenolic OH excluding ortho intramolecular Hbond substituents is 1. The first-order chi connectivity index (χ1) is 10.2. The maximum Gasteiger partial charge on any atom is 0.126 e. The predicted molar refractivity (Wildman–Crippen MR) is 92.3 cm³/mol. The van der Waals surface area contributed by atoms with Crippen molar-refractivity contribution in [2.24, 2.45) is 12.5 Å². The molecule has 2 rings (SSSR count). The molecule has 0 saturated heterocycles. The fraction of sp³-hybridized carbons (Fsp3) is 0.278. The molecule has 0 atom stereocenters. The lowest BCUT2D eigenvalue weighted by Gasteiger charge is -2.07. The lowest BCUT2D eigenvalue weighted by atomic mass is 9.96. The lowest BCUT2D eigenvalue weighted by molar-refractivity contribution is 0.477. The first-order valence-corrected chi connectivity index (χ1v) is 7.58. The fourth-order valence-electron chi connectivity index (χ4n) is 1.94. The van der Waals surface area contributed by atoms with Crippen LogP contribution in [0.1, 0.15) is 32.0 Å². The highest BCUT2D eigenvalue weighted by molar-refractivity contribution is 9.10. The summed E-state index contributed by atoms with van der Waals surface area (Å²) in [7, 11) is 1.77. The number of phenols is 1. The Morgan fingerprint density at radius 2 is 2.00 bits per heavy atom. The van der Waals surface area contributed by atoms with E-state index < -0.39 is 0 Å². The Labute approximate surface area is 139 Å². The molecule has 1 heterocycles. The Bertz CT molecular complexity index is 824. The van der Waals surface area contributed by atoms with Crippen molar-refractivity contribution in [2.45, 2.75) is 20.8 Å². The normalized spacial score (nSPS) is 10.7. The van der Waals surface area contributed by atoms with Crippen molar-refractivity contribution >= 4 is 15.9 Å². The summed E-state index contributed by atoms with van der Waals surface area (Å²) in [5.74, 6) is 9.09. The smallest absolute Gasteiger partial charge is 0.126 e. The van der Waals surface area contributed by atoms with E-state index in [1.165, 1.54) is 0 Å². The van der Waals surface area contributed by atoms with Gasteiger partial charge in [-0.2, -0.15) is 5.10 Å². The number of rotatable bonds is 1. The second kappa shape index (κ2) is 5.91. The van der Waals surface area contributed by atoms with Gasteiger partial charge in [0.2, 0.25) is 0 Å². The van der Waals surface area contributed by atoms with Crippen molar-refractivity contribution in [1.82, 2.24) is 9.78 Å². The first kappa shape index (κ1) is 16.2. The second-order valence-corrected chi connectivity index (χ2v) is 6.92. The minimum Gasteiger partial charge on any atom is -0.507 e. The van der Waals surface area contributed by atoms with Gasteiger partial charge in [-0.05, 0) is 44.9 Å². The molecule has 0 fully saturated rings. The van der Waals surface area contributed by atoms with Crippen LogP contribution in [-0.2, 0) is 7.05 Å². The third-order valence-corrected chi connectivity index (χ3v) is 3.45. The summed E-state index contributed by atoms with van der Waals surface area (Å²) in [4.78, 5) is 0. The SMILES string of the molecule is C#Cc1c(C#CC(C)(C)C)c(-c2cc(Br)ccc2O)nn1C. The zero-order valence-corrected chi connectivity index (χ0v) is 14.6. The lowest BCUT2D eigenvalue weighted by Crippen LogP contribution is -2.00. The van der Waals surface area contributed by atoms with Crippen molar-refractivity contribution in [3.05, 3.63) is 33.9 Å². The van der Waals surface area contributed by atoms with Crippen LogP contribution in [0.2, 0.25) is 0 Å². The van der Waals surface area contributed by atoms with Gasteiger partial charge in [0.25, 0.3) is 0 Å². The summed E-state index contributed by atoms with van der Waals surface area (Å²) in [6.07, 6.45) is 5.60. The number of halogens is 1. The van der Waals surface area contributed by atoms with Crippen LogP contribution < -0.4 is 0 Å². The molecular formula is C18H17BrN2O. The molecule has 3 nitrogen and oxygen atoms in total. The monoisotopic (exact) mass is 356 g/mol. The molecule has 112 valence electrons. The van der Waals surface area contributed by atoms with Crippen molar-refractivity contribution < 1.29 is 5.11 Å². The van der Waals surface area contributed by atoms with E-state index in [1.54, 1.807) is 29.9 Å². The zero-order chi connectivity index (χ0) is 16.5. The van der Waals surface area contributed by atoms with Crippen LogP contribution in [0.4, 0.5) is 0 Å². The van der Waals surface area contributed by atoms with E-state index in [0.29, 0.717) is 22.5 Å². The molecule has 0 unspecified atom stereocenters. The Morgan fingerprint density at radius 1 is 1.32 bits per heavy atom. The Hall–Kier alpha value is -2.17. The van der Waals surface area contributed by atoms with Crippen LogP contribution in [0.25, 0.3) is 11.3 Å². The highest BCUT2D eigenvalue weighted by Crippen LogP contribution is 2.34. The summed E-state index contributed by atoms with van der Waals surface area (Å²) in [5, 5.41) is 14.6. The minimum absolute atomic E-state index is 0.142. The van der Waals surface area contributed by atoms with Gasteiger partial charge in [-0.1, -0.05) is 27.8 Å². The molecular weight excluding hydrogens is 340 g/mol. The molecule has 4 heteroatoms. The minimum atomic E-state index is -0.154. The number of hydrogen-bond donors (Lipinski definition) is 1. The number of nitrogens with zero attached hydrogens (tertiary/aromatic N) is 2. The largest absolute Gasteiger partial charge is 0.507 e. The van der Waals surface area contributed by atoms with Crippen LogP contribution in [0.15, 0.2) is 22.7 Å². The second-order valence-electron chi connectivity index (χ2n) is 6.00. The molecule has 0 radical (unpaired) electrons. The number of hydrogen-bond acceptors (Lipinski definition) is 2. The topological polar surface area (TPSA) is 38.1 Å². The maximum absolute atomic E-state index is 10.1. The highest BCUT2D eigenvalue weighted by Gasteiger charge is 2.18. The number of aryl methyl sites for hydroxylation is 1. The van der Waals surface area contributed by atoms with Crippen molar-refractivity contribution in [3.63, 3.8) is 0 Å². The van der Waals surface area contributed by atoms with Gasteiger partial charge in [-0.3, -0.25) is 4.68 Å². The van der Waals surface area contributed by atoms with Gasteiger partial charge >= 0.3 is 0 Å². The van der Waals surface area contributed by atoms with Crippen LogP contribution in [0.5, 0.6) is 5.75 Å². The molecule has 22 heavy (non-hydrogen) atoms. The standard InChI is InChI=1S/C18H17BrN2O/c1-6-15-13(9-10-18(2,3)4)17(20-21(15)5)14-11-12(19)7-8-16(14)22/h1,7-8,11,22H,2-5H3. The molecule has 0 aliphatic heterocycles. The Morgan fingerprint density at radius 3 is 2.59 bits per heavy atom. The van der Waals surface area contributed by atoms with Gasteiger partial charge in [0.1, 0.15) is 17.1 Å². The Kier molecular flexibility index (Phi) is 4.35. The van der Waals surface area contributed by atoms with Gasteiger partial charge in [0.15, 0.2) is 0 Å². The third-order valence-electron chi connectivity index (χ3n) is 2.96. The number of benzene rings is 1. The summed E-state index contributed by atoms with van der Waals surface area (Å²) >= 11 is 3.41. The molecule has 1 aromatic heterocycles. The maximum atomic E-state index is 10.1. The van der Waals surface area contributed by atoms with E-state index in [-0.39, 0.29) is 11.2 Å². The van der Waals surface area contributed by atoms with E-state index in [2.05, 4.69) is 38.8 Å². The van der Waals surface area contributed by atoms with Gasteiger partial charge < -0.3 is 5.11 Å². The highest BCUT2D eigenvalue weighted by atomic mass is 79.9. The molecule has 0 bridgehead atoms. The molecule has 0 saturated carbocycles. The van der Waals surface area contributed by atoms with E-state index in [9.17, 15) is 5.11 Å². The van der Waals surface area contributed by atoms with E-state index in [0.717, 1.165) is 4.47 Å². The predicted octanol–water partition coefficient (Wildman–Crippen LogP) is 3.93. The van der Waals surface area contributed by atoms with E-state index in [4.69, 9.17) is 6.42 Å². The molecule has 1 aromatic carbocycles. The summed E-state index contributed by atoms with van der Waals surface area (Å²) in [6.45, 7) is 6.09. The van der Waals surface area contributed by atoms with Gasteiger partial charge in [-0.25, -0.2) is 0 Å². The average molecular weight is 357 g/mol. The molecule has 0 aliphatic rings. The van der Waals surface area contributed by atoms with Gasteiger partial charge in [-0.15, -0.1) is 6.42 Å². The van der Waals surface area contributed by atoms with Gasteiger partial charge in [0, 0.05) is 22.5 Å². The third kappa shape index (κ3) is 3.35. The number of terminal acetylenes is 1. The molecule has 2 aromatic rings. The number of aromatic nitrogens is 2. The summed E-state index contributed by atoms with van der Waals surface area (Å²) < 4.78 is 2.46. The van der Waals surface area contributed by atoms with Gasteiger partial charge in [0.05, 0.1) is 5.56 Å². The van der Waals surface area contributed by atoms with Crippen LogP contribution in [-0.4, -0.2) is 14.9 Å². The molecule has 0 amide bonds. The fourth-order valence-corrected chi connectivity index (χ4v) is 2.31.